The van der Waals surface area contributed by atoms with Gasteiger partial charge in [-0.25, -0.2) is 4.98 Å². The van der Waals surface area contributed by atoms with Crippen molar-refractivity contribution in [3.8, 4) is 21.6 Å². The third kappa shape index (κ3) is 5.68. The molecule has 1 fully saturated rings. The third-order valence-electron chi connectivity index (χ3n) is 7.43. The zero-order valence-corrected chi connectivity index (χ0v) is 23.9. The van der Waals surface area contributed by atoms with E-state index in [4.69, 9.17) is 0 Å². The van der Waals surface area contributed by atoms with Crippen LogP contribution in [-0.2, 0) is 9.59 Å². The van der Waals surface area contributed by atoms with Crippen molar-refractivity contribution in [2.24, 2.45) is 5.92 Å². The number of rotatable bonds is 8. The van der Waals surface area contributed by atoms with Gasteiger partial charge in [0.1, 0.15) is 12.1 Å². The van der Waals surface area contributed by atoms with Gasteiger partial charge < -0.3 is 15.3 Å². The lowest BCUT2D eigenvalue weighted by molar-refractivity contribution is -0.142. The summed E-state index contributed by atoms with van der Waals surface area (Å²) in [5, 5.41) is 18.1. The van der Waals surface area contributed by atoms with Crippen LogP contribution in [0.15, 0.2) is 66.7 Å². The number of aromatic nitrogens is 4. The lowest BCUT2D eigenvalue weighted by atomic mass is 10.0. The highest BCUT2D eigenvalue weighted by Gasteiger charge is 2.42. The molecule has 208 valence electrons. The Labute approximate surface area is 237 Å². The molecule has 1 unspecified atom stereocenters. The third-order valence-corrected chi connectivity index (χ3v) is 8.40. The number of nitrogens with zero attached hydrogens (tertiary/aromatic N) is 5. The summed E-state index contributed by atoms with van der Waals surface area (Å²) in [7, 11) is 0. The highest BCUT2D eigenvalue weighted by Crippen LogP contribution is 2.30. The summed E-state index contributed by atoms with van der Waals surface area (Å²) in [5.74, 6) is -0.591. The van der Waals surface area contributed by atoms with E-state index in [1.165, 1.54) is 4.90 Å². The molecule has 4 aromatic rings. The Hall–Kier alpha value is -3.89. The predicted octanol–water partition coefficient (Wildman–Crippen LogP) is 4.41. The first kappa shape index (κ1) is 27.7. The number of benzene rings is 1. The molecule has 3 aromatic heterocycles. The van der Waals surface area contributed by atoms with Crippen molar-refractivity contribution in [3.63, 3.8) is 0 Å². The summed E-state index contributed by atoms with van der Waals surface area (Å²) in [4.78, 5) is 38.4. The second-order valence-corrected chi connectivity index (χ2v) is 11.5. The molecule has 0 spiro atoms. The number of β-amino-alcohol motifs (C(OH)–C–C–N with tert-alkyl or cyclic N) is 1. The van der Waals surface area contributed by atoms with Gasteiger partial charge in [0.15, 0.2) is 0 Å². The van der Waals surface area contributed by atoms with E-state index in [1.54, 1.807) is 34.6 Å². The molecular formula is C30H34N6O3S. The van der Waals surface area contributed by atoms with Gasteiger partial charge in [-0.2, -0.15) is 5.10 Å². The monoisotopic (exact) mass is 558 g/mol. The van der Waals surface area contributed by atoms with Gasteiger partial charge in [-0.15, -0.1) is 11.3 Å². The van der Waals surface area contributed by atoms with Crippen molar-refractivity contribution in [2.45, 2.75) is 58.3 Å². The van der Waals surface area contributed by atoms with Crippen LogP contribution in [0.5, 0.6) is 0 Å². The topological polar surface area (TPSA) is 113 Å². The van der Waals surface area contributed by atoms with Gasteiger partial charge in [-0.05, 0) is 48.6 Å². The molecule has 1 aliphatic heterocycles. The molecule has 0 bridgehead atoms. The van der Waals surface area contributed by atoms with E-state index in [0.717, 1.165) is 32.8 Å². The molecule has 10 heteroatoms. The van der Waals surface area contributed by atoms with E-state index in [-0.39, 0.29) is 36.7 Å². The first-order valence-corrected chi connectivity index (χ1v) is 14.3. The average Bonchev–Trinajstić information content (AvgIpc) is 3.69. The maximum absolute atomic E-state index is 13.9. The number of carbonyl (C=O) groups excluding carboxylic acids is 2. The molecule has 2 amide bonds. The summed E-state index contributed by atoms with van der Waals surface area (Å²) in [5.41, 5.74) is 6.70. The molecule has 1 aliphatic rings. The number of aliphatic hydroxyl groups is 1. The Morgan fingerprint density at radius 2 is 1.77 bits per heavy atom. The van der Waals surface area contributed by atoms with Crippen LogP contribution in [0.2, 0.25) is 0 Å². The normalized spacial score (nSPS) is 18.6. The van der Waals surface area contributed by atoms with E-state index >= 15 is 0 Å². The van der Waals surface area contributed by atoms with Gasteiger partial charge in [-0.3, -0.25) is 19.3 Å². The number of pyridine rings is 1. The molecule has 5 rings (SSSR count). The summed E-state index contributed by atoms with van der Waals surface area (Å²) < 4.78 is 1.66. The predicted molar refractivity (Wildman–Crippen MR) is 154 cm³/mol. The van der Waals surface area contributed by atoms with Crippen molar-refractivity contribution in [1.29, 1.82) is 0 Å². The highest BCUT2D eigenvalue weighted by molar-refractivity contribution is 7.13. The average molecular weight is 559 g/mol. The molecule has 9 nitrogen and oxygen atoms in total. The van der Waals surface area contributed by atoms with Crippen LogP contribution in [0, 0.1) is 12.8 Å². The number of aryl methyl sites for hydroxylation is 1. The molecular weight excluding hydrogens is 524 g/mol. The minimum Gasteiger partial charge on any atom is -0.391 e. The Morgan fingerprint density at radius 3 is 2.42 bits per heavy atom. The fourth-order valence-corrected chi connectivity index (χ4v) is 6.07. The smallest absolute Gasteiger partial charge is 0.248 e. The van der Waals surface area contributed by atoms with Crippen LogP contribution in [-0.4, -0.2) is 60.3 Å². The standard InChI is InChI=1S/C30H34N6O3S/c1-18(2)27(36-15-24(14-33-36)22-9-11-31-12-10-22)30(39)35-16-25(37)13-26(35)29(38)34-19(3)21-5-7-23(8-6-21)28-20(4)32-17-40-28/h5-12,14-15,17-19,25-27,37H,13,16H2,1-4H3,(H,34,38)/t19-,25+,26-,27?/m0/s1. The molecule has 0 radical (unpaired) electrons. The summed E-state index contributed by atoms with van der Waals surface area (Å²) >= 11 is 1.60. The van der Waals surface area contributed by atoms with Crippen molar-refractivity contribution in [3.05, 3.63) is 78.0 Å². The van der Waals surface area contributed by atoms with Gasteiger partial charge >= 0.3 is 0 Å². The highest BCUT2D eigenvalue weighted by atomic mass is 32.1. The molecule has 0 aliphatic carbocycles. The van der Waals surface area contributed by atoms with E-state index in [2.05, 4.69) is 20.4 Å². The zero-order valence-electron chi connectivity index (χ0n) is 23.1. The number of hydrogen-bond donors (Lipinski definition) is 2. The van der Waals surface area contributed by atoms with Crippen LogP contribution >= 0.6 is 11.3 Å². The number of aliphatic hydroxyl groups excluding tert-OH is 1. The largest absolute Gasteiger partial charge is 0.391 e. The van der Waals surface area contributed by atoms with Crippen LogP contribution in [0.3, 0.4) is 0 Å². The van der Waals surface area contributed by atoms with E-state index in [9.17, 15) is 14.7 Å². The molecule has 2 N–H and O–H groups in total. The van der Waals surface area contributed by atoms with Gasteiger partial charge in [0, 0.05) is 37.1 Å². The first-order chi connectivity index (χ1) is 19.2. The molecule has 1 saturated heterocycles. The Morgan fingerprint density at radius 1 is 1.05 bits per heavy atom. The second kappa shape index (κ2) is 11.7. The number of amides is 2. The summed E-state index contributed by atoms with van der Waals surface area (Å²) in [6.45, 7) is 7.93. The zero-order chi connectivity index (χ0) is 28.4. The van der Waals surface area contributed by atoms with E-state index in [1.807, 2.05) is 75.8 Å². The first-order valence-electron chi connectivity index (χ1n) is 13.5. The molecule has 4 heterocycles. The molecule has 4 atom stereocenters. The minimum atomic E-state index is -0.769. The summed E-state index contributed by atoms with van der Waals surface area (Å²) in [6, 6.07) is 10.2. The SMILES string of the molecule is Cc1ncsc1-c1ccc([C@H](C)NC(=O)[C@@H]2C[C@@H](O)CN2C(=O)C(C(C)C)n2cc(-c3ccncc3)cn2)cc1. The molecule has 0 saturated carbocycles. The number of likely N-dealkylation sites (tertiary alicyclic amines) is 1. The van der Waals surface area contributed by atoms with Crippen molar-refractivity contribution < 1.29 is 14.7 Å². The van der Waals surface area contributed by atoms with Crippen LogP contribution < -0.4 is 5.32 Å². The minimum absolute atomic E-state index is 0.0845. The molecule has 1 aromatic carbocycles. The van der Waals surface area contributed by atoms with E-state index in [0.29, 0.717) is 0 Å². The lowest BCUT2D eigenvalue weighted by Gasteiger charge is -2.30. The second-order valence-electron chi connectivity index (χ2n) is 10.6. The fraction of sp³-hybridized carbons (Fsp3) is 0.367. The van der Waals surface area contributed by atoms with Gasteiger partial charge in [0.05, 0.1) is 34.4 Å². The van der Waals surface area contributed by atoms with Crippen LogP contribution in [0.4, 0.5) is 0 Å². The van der Waals surface area contributed by atoms with Crippen molar-refractivity contribution in [1.82, 2.24) is 30.0 Å². The number of hydrogen-bond acceptors (Lipinski definition) is 7. The van der Waals surface area contributed by atoms with Crippen molar-refractivity contribution in [2.75, 3.05) is 6.54 Å². The fourth-order valence-electron chi connectivity index (χ4n) is 5.26. The van der Waals surface area contributed by atoms with Gasteiger partial charge in [-0.1, -0.05) is 38.1 Å². The number of thiazole rings is 1. The van der Waals surface area contributed by atoms with Crippen LogP contribution in [0.25, 0.3) is 21.6 Å². The van der Waals surface area contributed by atoms with Crippen LogP contribution in [0.1, 0.15) is 50.5 Å². The number of nitrogens with one attached hydrogen (secondary N) is 1. The van der Waals surface area contributed by atoms with Gasteiger partial charge in [0.25, 0.3) is 0 Å². The maximum atomic E-state index is 13.9. The van der Waals surface area contributed by atoms with E-state index < -0.39 is 18.2 Å². The maximum Gasteiger partial charge on any atom is 0.248 e. The van der Waals surface area contributed by atoms with Crippen molar-refractivity contribution >= 4 is 23.2 Å². The Balaban J connectivity index is 1.30. The number of carbonyl (C=O) groups is 2. The summed E-state index contributed by atoms with van der Waals surface area (Å²) in [6.07, 6.45) is 6.42. The van der Waals surface area contributed by atoms with Gasteiger partial charge in [0.2, 0.25) is 11.8 Å². The Bertz CT molecular complexity index is 1470. The quantitative estimate of drug-likeness (QED) is 0.331. The molecule has 40 heavy (non-hydrogen) atoms. The Kier molecular flexibility index (Phi) is 8.09. The lowest BCUT2D eigenvalue weighted by Crippen LogP contribution is -2.49.